The van der Waals surface area contributed by atoms with E-state index in [2.05, 4.69) is 31.2 Å². The predicted octanol–water partition coefficient (Wildman–Crippen LogP) is 4.68. The van der Waals surface area contributed by atoms with Gasteiger partial charge in [0.2, 0.25) is 5.60 Å². The smallest absolute Gasteiger partial charge is 0.430 e. The molecule has 0 spiro atoms. The number of carboxylic acids is 1. The predicted molar refractivity (Wildman–Crippen MR) is 142 cm³/mol. The Hall–Kier alpha value is -2.50. The van der Waals surface area contributed by atoms with Crippen molar-refractivity contribution in [3.63, 3.8) is 0 Å². The Bertz CT molecular complexity index is 1060. The van der Waals surface area contributed by atoms with E-state index in [1.807, 2.05) is 17.8 Å². The summed E-state index contributed by atoms with van der Waals surface area (Å²) in [4.78, 5) is 23.5. The first-order valence-electron chi connectivity index (χ1n) is 13.8. The van der Waals surface area contributed by atoms with Crippen molar-refractivity contribution in [2.24, 2.45) is 5.92 Å². The van der Waals surface area contributed by atoms with E-state index in [1.165, 1.54) is 11.2 Å². The van der Waals surface area contributed by atoms with Crippen LogP contribution >= 0.6 is 11.8 Å². The van der Waals surface area contributed by atoms with Crippen LogP contribution in [-0.2, 0) is 19.9 Å². The van der Waals surface area contributed by atoms with Crippen LogP contribution in [0.3, 0.4) is 0 Å². The third kappa shape index (κ3) is 8.50. The minimum Gasteiger partial charge on any atom is -0.542 e. The largest absolute Gasteiger partial charge is 0.542 e. The Labute approximate surface area is 237 Å². The van der Waals surface area contributed by atoms with Crippen molar-refractivity contribution >= 4 is 23.7 Å². The van der Waals surface area contributed by atoms with Gasteiger partial charge < -0.3 is 28.6 Å². The Morgan fingerprint density at radius 2 is 1.77 bits per heavy atom. The molecular formula is C29H38F3NO6S. The molecule has 0 bridgehead atoms. The number of aliphatic carboxylic acids is 1. The first kappa shape index (κ1) is 32.0. The Morgan fingerprint density at radius 1 is 1.10 bits per heavy atom. The highest BCUT2D eigenvalue weighted by molar-refractivity contribution is 7.99. The summed E-state index contributed by atoms with van der Waals surface area (Å²) in [6.45, 7) is 6.21. The second kappa shape index (κ2) is 14.4. The van der Waals surface area contributed by atoms with Gasteiger partial charge in [-0.2, -0.15) is 13.2 Å². The summed E-state index contributed by atoms with van der Waals surface area (Å²) in [6.07, 6.45) is 3.03. The fourth-order valence-electron chi connectivity index (χ4n) is 5.61. The third-order valence-corrected chi connectivity index (χ3v) is 8.98. The highest BCUT2D eigenvalue weighted by Gasteiger charge is 2.51. The van der Waals surface area contributed by atoms with Crippen LogP contribution in [0.4, 0.5) is 13.2 Å². The van der Waals surface area contributed by atoms with Crippen LogP contribution < -0.4 is 5.11 Å². The monoisotopic (exact) mass is 585 g/mol. The summed E-state index contributed by atoms with van der Waals surface area (Å²) >= 11 is 1.90. The third-order valence-electron chi connectivity index (χ3n) is 7.89. The zero-order chi connectivity index (χ0) is 29.2. The molecule has 1 aliphatic heterocycles. The van der Waals surface area contributed by atoms with Crippen LogP contribution in [0.15, 0.2) is 58.0 Å². The van der Waals surface area contributed by atoms with Gasteiger partial charge in [0.25, 0.3) is 0 Å². The van der Waals surface area contributed by atoms with E-state index in [0.717, 1.165) is 81.4 Å². The molecule has 0 amide bonds. The number of carboxylic acid groups (broad SMARTS) is 1. The van der Waals surface area contributed by atoms with E-state index in [0.29, 0.717) is 5.76 Å². The molecule has 1 saturated carbocycles. The van der Waals surface area contributed by atoms with E-state index in [1.54, 1.807) is 12.1 Å². The van der Waals surface area contributed by atoms with Gasteiger partial charge in [-0.3, -0.25) is 0 Å². The van der Waals surface area contributed by atoms with Crippen LogP contribution in [-0.4, -0.2) is 65.7 Å². The van der Waals surface area contributed by atoms with Gasteiger partial charge in [0.15, 0.2) is 6.10 Å². The normalized spacial score (nSPS) is 23.1. The van der Waals surface area contributed by atoms with Crippen LogP contribution in [0.1, 0.15) is 57.6 Å². The average Bonchev–Trinajstić information content (AvgIpc) is 3.63. The number of hydrogen-bond acceptors (Lipinski definition) is 7. The molecule has 2 aliphatic rings. The fraction of sp³-hybridized carbons (Fsp3) is 0.586. The number of alkyl halides is 3. The van der Waals surface area contributed by atoms with Gasteiger partial charge in [-0.15, -0.1) is 11.8 Å². The van der Waals surface area contributed by atoms with Gasteiger partial charge >= 0.3 is 12.1 Å². The highest BCUT2D eigenvalue weighted by atomic mass is 32.2. The van der Waals surface area contributed by atoms with Gasteiger partial charge in [0.1, 0.15) is 18.3 Å². The van der Waals surface area contributed by atoms with E-state index in [4.69, 9.17) is 19.1 Å². The molecule has 0 radical (unpaired) electrons. The van der Waals surface area contributed by atoms with Crippen LogP contribution in [0, 0.1) is 5.92 Å². The lowest BCUT2D eigenvalue weighted by atomic mass is 9.75. The fourth-order valence-corrected chi connectivity index (χ4v) is 6.47. The molecule has 1 N–H and O–H groups in total. The molecule has 2 fully saturated rings. The zero-order valence-corrected chi connectivity index (χ0v) is 23.6. The van der Waals surface area contributed by atoms with E-state index in [-0.39, 0.29) is 12.0 Å². The van der Waals surface area contributed by atoms with Crippen molar-refractivity contribution in [2.45, 2.75) is 74.6 Å². The summed E-state index contributed by atoms with van der Waals surface area (Å²) in [5.74, 6) is -2.26. The SMILES string of the molecule is CC[N+]1(CCCSc2ccccc2)CC[C@H](OC(=O)[C@](O)(c2ccco2)C2CCCCC2)C1.O=C([O-])C(F)(F)F. The summed E-state index contributed by atoms with van der Waals surface area (Å²) in [7, 11) is 0. The number of quaternary nitrogens is 1. The highest BCUT2D eigenvalue weighted by Crippen LogP contribution is 2.41. The van der Waals surface area contributed by atoms with Gasteiger partial charge in [0, 0.05) is 29.4 Å². The maximum absolute atomic E-state index is 13.4. The molecule has 1 aromatic heterocycles. The number of thioether (sulfide) groups is 1. The number of aliphatic hydroxyl groups is 1. The van der Waals surface area contributed by atoms with Gasteiger partial charge in [-0.25, -0.2) is 4.79 Å². The Balaban J connectivity index is 0.000000559. The minimum atomic E-state index is -5.19. The molecule has 1 unspecified atom stereocenters. The average molecular weight is 586 g/mol. The van der Waals surface area contributed by atoms with E-state index in [9.17, 15) is 23.1 Å². The van der Waals surface area contributed by atoms with Gasteiger partial charge in [-0.1, -0.05) is 37.5 Å². The second-order valence-electron chi connectivity index (χ2n) is 10.5. The Kier molecular flexibility index (Phi) is 11.5. The summed E-state index contributed by atoms with van der Waals surface area (Å²) in [5.41, 5.74) is -1.68. The van der Waals surface area contributed by atoms with Crippen molar-refractivity contribution < 1.29 is 46.6 Å². The number of likely N-dealkylation sites (tertiary alicyclic amines) is 1. The number of carbonyl (C=O) groups is 2. The number of ether oxygens (including phenoxy) is 1. The number of nitrogens with zero attached hydrogens (tertiary/aromatic N) is 1. The Morgan fingerprint density at radius 3 is 2.35 bits per heavy atom. The number of likely N-dealkylation sites (N-methyl/N-ethyl adjacent to an activating group) is 1. The maximum atomic E-state index is 13.4. The molecule has 2 aromatic rings. The first-order valence-corrected chi connectivity index (χ1v) is 14.8. The minimum absolute atomic E-state index is 0.147. The molecular weight excluding hydrogens is 547 g/mol. The van der Waals surface area contributed by atoms with Crippen molar-refractivity contribution in [3.05, 3.63) is 54.5 Å². The molecule has 11 heteroatoms. The van der Waals surface area contributed by atoms with Crippen molar-refractivity contribution in [1.82, 2.24) is 0 Å². The lowest BCUT2D eigenvalue weighted by molar-refractivity contribution is -0.916. The maximum Gasteiger partial charge on any atom is 0.430 e. The number of halogens is 3. The molecule has 2 heterocycles. The topological polar surface area (TPSA) is 99.8 Å². The van der Waals surface area contributed by atoms with Crippen molar-refractivity contribution in [1.29, 1.82) is 0 Å². The van der Waals surface area contributed by atoms with E-state index < -0.39 is 23.7 Å². The summed E-state index contributed by atoms with van der Waals surface area (Å²) in [5, 5.41) is 20.4. The molecule has 4 rings (SSSR count). The number of carbonyl (C=O) groups excluding carboxylic acids is 2. The molecule has 1 aromatic carbocycles. The zero-order valence-electron chi connectivity index (χ0n) is 22.7. The number of rotatable bonds is 10. The summed E-state index contributed by atoms with van der Waals surface area (Å²) in [6, 6.07) is 14.0. The standard InChI is InChI=1S/C27H38NO4S.C2HF3O2/c1-2-28(17-10-20-33-24-13-7-4-8-14-24)18-16-23(21-28)32-26(29)27(30,25-15-9-19-31-25)22-11-5-3-6-12-22;3-2(4,5)1(6)7/h4,7-9,13-15,19,22-23,30H,2-3,5-6,10-12,16-18,20-21H2,1H3;(H,6,7)/q+1;/p-1/t23-,27+,28?;/m0./s1. The van der Waals surface area contributed by atoms with Crippen LogP contribution in [0.2, 0.25) is 0 Å². The number of hydrogen-bond donors (Lipinski definition) is 1. The summed E-state index contributed by atoms with van der Waals surface area (Å²) < 4.78 is 44.1. The first-order chi connectivity index (χ1) is 19.0. The molecule has 3 atom stereocenters. The number of benzene rings is 1. The lowest BCUT2D eigenvalue weighted by Gasteiger charge is -2.36. The quantitative estimate of drug-likeness (QED) is 0.187. The molecule has 1 saturated heterocycles. The molecule has 1 aliphatic carbocycles. The number of esters is 1. The molecule has 7 nitrogen and oxygen atoms in total. The molecule has 40 heavy (non-hydrogen) atoms. The van der Waals surface area contributed by atoms with Crippen LogP contribution in [0.25, 0.3) is 0 Å². The van der Waals surface area contributed by atoms with E-state index >= 15 is 0 Å². The lowest BCUT2D eigenvalue weighted by Crippen LogP contribution is -2.49. The molecule has 222 valence electrons. The van der Waals surface area contributed by atoms with Crippen molar-refractivity contribution in [3.8, 4) is 0 Å². The van der Waals surface area contributed by atoms with Crippen LogP contribution in [0.5, 0.6) is 0 Å². The number of furan rings is 1. The second-order valence-corrected chi connectivity index (χ2v) is 11.7. The van der Waals surface area contributed by atoms with Gasteiger partial charge in [-0.05, 0) is 44.0 Å². The van der Waals surface area contributed by atoms with Crippen molar-refractivity contribution in [2.75, 3.05) is 31.9 Å². The van der Waals surface area contributed by atoms with Gasteiger partial charge in [0.05, 0.1) is 25.9 Å².